The standard InChI is InChI=1S/C14H26N2O/c1-4-16(5-2)11-10-15-14(17)13-8-6-12(3)7-9-13/h13H,3-11H2,1-2H3,(H,15,17). The van der Waals surface area contributed by atoms with Gasteiger partial charge < -0.3 is 10.2 Å². The molecule has 0 radical (unpaired) electrons. The van der Waals surface area contributed by atoms with Crippen molar-refractivity contribution in [2.45, 2.75) is 39.5 Å². The van der Waals surface area contributed by atoms with Crippen molar-refractivity contribution in [3.05, 3.63) is 12.2 Å². The van der Waals surface area contributed by atoms with E-state index in [-0.39, 0.29) is 11.8 Å². The maximum absolute atomic E-state index is 11.9. The molecule has 1 saturated carbocycles. The van der Waals surface area contributed by atoms with Gasteiger partial charge in [0.15, 0.2) is 0 Å². The van der Waals surface area contributed by atoms with Crippen molar-refractivity contribution in [2.75, 3.05) is 26.2 Å². The smallest absolute Gasteiger partial charge is 0.223 e. The van der Waals surface area contributed by atoms with Gasteiger partial charge in [-0.3, -0.25) is 4.79 Å². The first-order valence-electron chi connectivity index (χ1n) is 6.84. The maximum atomic E-state index is 11.9. The third-order valence-electron chi connectivity index (χ3n) is 3.69. The molecule has 1 rings (SSSR count). The molecule has 1 aliphatic carbocycles. The second-order valence-corrected chi connectivity index (χ2v) is 4.84. The van der Waals surface area contributed by atoms with Crippen LogP contribution in [0.4, 0.5) is 0 Å². The van der Waals surface area contributed by atoms with Gasteiger partial charge in [-0.05, 0) is 38.8 Å². The van der Waals surface area contributed by atoms with Gasteiger partial charge in [0.2, 0.25) is 5.91 Å². The molecule has 0 atom stereocenters. The molecule has 0 aromatic carbocycles. The first kappa shape index (κ1) is 14.2. The van der Waals surface area contributed by atoms with Crippen LogP contribution < -0.4 is 5.32 Å². The second kappa shape index (κ2) is 7.49. The minimum Gasteiger partial charge on any atom is -0.355 e. The van der Waals surface area contributed by atoms with E-state index < -0.39 is 0 Å². The molecule has 1 amide bonds. The predicted molar refractivity (Wildman–Crippen MR) is 71.9 cm³/mol. The minimum absolute atomic E-state index is 0.220. The summed E-state index contributed by atoms with van der Waals surface area (Å²) >= 11 is 0. The van der Waals surface area contributed by atoms with Crippen LogP contribution in [0.3, 0.4) is 0 Å². The van der Waals surface area contributed by atoms with Gasteiger partial charge in [-0.1, -0.05) is 26.0 Å². The third-order valence-corrected chi connectivity index (χ3v) is 3.69. The lowest BCUT2D eigenvalue weighted by atomic mass is 9.86. The average molecular weight is 238 g/mol. The highest BCUT2D eigenvalue weighted by Crippen LogP contribution is 2.26. The van der Waals surface area contributed by atoms with Crippen molar-refractivity contribution < 1.29 is 4.79 Å². The summed E-state index contributed by atoms with van der Waals surface area (Å²) in [5.41, 5.74) is 1.30. The van der Waals surface area contributed by atoms with E-state index >= 15 is 0 Å². The van der Waals surface area contributed by atoms with Crippen molar-refractivity contribution in [1.29, 1.82) is 0 Å². The Balaban J connectivity index is 2.18. The van der Waals surface area contributed by atoms with E-state index in [0.29, 0.717) is 0 Å². The normalized spacial score (nSPS) is 17.5. The van der Waals surface area contributed by atoms with Crippen LogP contribution >= 0.6 is 0 Å². The molecule has 1 fully saturated rings. The van der Waals surface area contributed by atoms with E-state index in [0.717, 1.165) is 51.9 Å². The van der Waals surface area contributed by atoms with Crippen LogP contribution in [0.15, 0.2) is 12.2 Å². The lowest BCUT2D eigenvalue weighted by Gasteiger charge is -2.23. The van der Waals surface area contributed by atoms with Gasteiger partial charge in [-0.25, -0.2) is 0 Å². The Bertz CT molecular complexity index is 249. The Morgan fingerprint density at radius 3 is 2.47 bits per heavy atom. The van der Waals surface area contributed by atoms with E-state index in [1.807, 2.05) is 0 Å². The van der Waals surface area contributed by atoms with Crippen molar-refractivity contribution in [3.8, 4) is 0 Å². The van der Waals surface area contributed by atoms with Crippen molar-refractivity contribution in [2.24, 2.45) is 5.92 Å². The Morgan fingerprint density at radius 1 is 1.35 bits per heavy atom. The van der Waals surface area contributed by atoms with Crippen LogP contribution in [0.5, 0.6) is 0 Å². The Morgan fingerprint density at radius 2 is 1.94 bits per heavy atom. The molecular formula is C14H26N2O. The maximum Gasteiger partial charge on any atom is 0.223 e. The molecule has 0 aromatic heterocycles. The summed E-state index contributed by atoms with van der Waals surface area (Å²) in [6.07, 6.45) is 4.01. The van der Waals surface area contributed by atoms with Gasteiger partial charge in [0.05, 0.1) is 0 Å². The van der Waals surface area contributed by atoms with Gasteiger partial charge in [-0.15, -0.1) is 0 Å². The highest BCUT2D eigenvalue weighted by molar-refractivity contribution is 5.78. The van der Waals surface area contributed by atoms with Crippen LogP contribution in [-0.4, -0.2) is 37.0 Å². The van der Waals surface area contributed by atoms with E-state index in [1.165, 1.54) is 5.57 Å². The van der Waals surface area contributed by atoms with Crippen molar-refractivity contribution in [1.82, 2.24) is 10.2 Å². The lowest BCUT2D eigenvalue weighted by molar-refractivity contribution is -0.125. The van der Waals surface area contributed by atoms with E-state index in [9.17, 15) is 4.79 Å². The van der Waals surface area contributed by atoms with Gasteiger partial charge in [0, 0.05) is 19.0 Å². The van der Waals surface area contributed by atoms with Gasteiger partial charge in [0.1, 0.15) is 0 Å². The van der Waals surface area contributed by atoms with E-state index in [1.54, 1.807) is 0 Å². The Kier molecular flexibility index (Phi) is 6.27. The SMILES string of the molecule is C=C1CCC(C(=O)NCCN(CC)CC)CC1. The lowest BCUT2D eigenvalue weighted by Crippen LogP contribution is -2.38. The van der Waals surface area contributed by atoms with Gasteiger partial charge >= 0.3 is 0 Å². The third kappa shape index (κ3) is 4.90. The molecule has 17 heavy (non-hydrogen) atoms. The van der Waals surface area contributed by atoms with Crippen LogP contribution in [0.2, 0.25) is 0 Å². The number of carbonyl (C=O) groups is 1. The first-order chi connectivity index (χ1) is 8.17. The fourth-order valence-electron chi connectivity index (χ4n) is 2.31. The predicted octanol–water partition coefficient (Wildman–Crippen LogP) is 2.19. The number of nitrogens with one attached hydrogen (secondary N) is 1. The molecule has 0 aromatic rings. The molecular weight excluding hydrogens is 212 g/mol. The molecule has 0 saturated heterocycles. The number of likely N-dealkylation sites (N-methyl/N-ethyl adjacent to an activating group) is 1. The molecule has 0 spiro atoms. The molecule has 0 heterocycles. The summed E-state index contributed by atoms with van der Waals surface area (Å²) < 4.78 is 0. The monoisotopic (exact) mass is 238 g/mol. The molecule has 98 valence electrons. The highest BCUT2D eigenvalue weighted by atomic mass is 16.1. The van der Waals surface area contributed by atoms with Crippen LogP contribution in [-0.2, 0) is 4.79 Å². The van der Waals surface area contributed by atoms with E-state index in [4.69, 9.17) is 0 Å². The molecule has 3 nitrogen and oxygen atoms in total. The molecule has 0 aliphatic heterocycles. The highest BCUT2D eigenvalue weighted by Gasteiger charge is 2.21. The number of amides is 1. The zero-order valence-corrected chi connectivity index (χ0v) is 11.3. The summed E-state index contributed by atoms with van der Waals surface area (Å²) in [7, 11) is 0. The number of hydrogen-bond donors (Lipinski definition) is 1. The zero-order chi connectivity index (χ0) is 12.7. The second-order valence-electron chi connectivity index (χ2n) is 4.84. The van der Waals surface area contributed by atoms with Gasteiger partial charge in [-0.2, -0.15) is 0 Å². The summed E-state index contributed by atoms with van der Waals surface area (Å²) in [5.74, 6) is 0.460. The largest absolute Gasteiger partial charge is 0.355 e. The topological polar surface area (TPSA) is 32.3 Å². The number of allylic oxidation sites excluding steroid dienone is 1. The molecule has 1 aliphatic rings. The van der Waals surface area contributed by atoms with Gasteiger partial charge in [0.25, 0.3) is 0 Å². The molecule has 0 bridgehead atoms. The van der Waals surface area contributed by atoms with E-state index in [2.05, 4.69) is 30.6 Å². The number of rotatable bonds is 6. The minimum atomic E-state index is 0.220. The summed E-state index contributed by atoms with van der Waals surface area (Å²) in [6.45, 7) is 12.1. The molecule has 0 unspecified atom stereocenters. The van der Waals surface area contributed by atoms with Crippen molar-refractivity contribution in [3.63, 3.8) is 0 Å². The molecule has 3 heteroatoms. The van der Waals surface area contributed by atoms with Crippen LogP contribution in [0.25, 0.3) is 0 Å². The quantitative estimate of drug-likeness (QED) is 0.719. The fourth-order valence-corrected chi connectivity index (χ4v) is 2.31. The summed E-state index contributed by atoms with van der Waals surface area (Å²) in [4.78, 5) is 14.2. The summed E-state index contributed by atoms with van der Waals surface area (Å²) in [5, 5.41) is 3.06. The zero-order valence-electron chi connectivity index (χ0n) is 11.3. The van der Waals surface area contributed by atoms with Crippen LogP contribution in [0.1, 0.15) is 39.5 Å². The summed E-state index contributed by atoms with van der Waals surface area (Å²) in [6, 6.07) is 0. The van der Waals surface area contributed by atoms with Crippen LogP contribution in [0, 0.1) is 5.92 Å². The first-order valence-corrected chi connectivity index (χ1v) is 6.84. The fraction of sp³-hybridized carbons (Fsp3) is 0.786. The number of carbonyl (C=O) groups excluding carboxylic acids is 1. The van der Waals surface area contributed by atoms with Crippen molar-refractivity contribution >= 4 is 5.91 Å². The molecule has 1 N–H and O–H groups in total. The average Bonchev–Trinajstić information content (AvgIpc) is 2.35. The Labute approximate surface area is 105 Å². The number of nitrogens with zero attached hydrogens (tertiary/aromatic N) is 1. The number of hydrogen-bond acceptors (Lipinski definition) is 2. The Hall–Kier alpha value is -0.830.